The molecule has 7 heteroatoms. The number of amides is 1. The highest BCUT2D eigenvalue weighted by molar-refractivity contribution is 14.0. The van der Waals surface area contributed by atoms with Crippen molar-refractivity contribution >= 4 is 35.8 Å². The van der Waals surface area contributed by atoms with E-state index in [0.29, 0.717) is 24.6 Å². The normalized spacial score (nSPS) is 18.2. The first-order chi connectivity index (χ1) is 15.6. The van der Waals surface area contributed by atoms with Gasteiger partial charge in [0, 0.05) is 37.7 Å². The summed E-state index contributed by atoms with van der Waals surface area (Å²) in [7, 11) is 0. The van der Waals surface area contributed by atoms with Crippen molar-refractivity contribution in [1.82, 2.24) is 16.0 Å². The second-order valence-corrected chi connectivity index (χ2v) is 8.24. The molecule has 0 spiro atoms. The second kappa shape index (κ2) is 14.2. The average molecular weight is 565 g/mol. The number of guanidine groups is 1. The van der Waals surface area contributed by atoms with Gasteiger partial charge in [-0.25, -0.2) is 4.99 Å². The Bertz CT molecular complexity index is 884. The molecule has 1 heterocycles. The maximum atomic E-state index is 11.9. The predicted molar refractivity (Wildman–Crippen MR) is 145 cm³/mol. The predicted octanol–water partition coefficient (Wildman–Crippen LogP) is 4.59. The number of ether oxygens (including phenoxy) is 1. The van der Waals surface area contributed by atoms with Gasteiger partial charge in [0.25, 0.3) is 5.91 Å². The first-order valence-corrected chi connectivity index (χ1v) is 11.7. The van der Waals surface area contributed by atoms with E-state index in [-0.39, 0.29) is 36.0 Å². The van der Waals surface area contributed by atoms with Crippen LogP contribution in [0.25, 0.3) is 0 Å². The van der Waals surface area contributed by atoms with Crippen molar-refractivity contribution < 1.29 is 9.53 Å². The van der Waals surface area contributed by atoms with Gasteiger partial charge in [0.15, 0.2) is 5.96 Å². The molecule has 3 N–H and O–H groups in total. The van der Waals surface area contributed by atoms with Gasteiger partial charge in [-0.05, 0) is 56.9 Å². The fraction of sp³-hybridized carbons (Fsp3) is 0.462. The van der Waals surface area contributed by atoms with Crippen LogP contribution >= 0.6 is 24.0 Å². The van der Waals surface area contributed by atoms with Crippen LogP contribution in [0.4, 0.5) is 0 Å². The summed E-state index contributed by atoms with van der Waals surface area (Å²) in [6.45, 7) is 9.68. The van der Waals surface area contributed by atoms with Crippen molar-refractivity contribution in [2.45, 2.75) is 46.3 Å². The number of nitrogens with zero attached hydrogens (tertiary/aromatic N) is 1. The van der Waals surface area contributed by atoms with Crippen molar-refractivity contribution in [1.29, 1.82) is 0 Å². The van der Waals surface area contributed by atoms with Gasteiger partial charge in [0.2, 0.25) is 0 Å². The SMILES string of the molecule is CCNC(=O)c1ccc(CN=C(NCC)NCC2CCCOC2c2ccc(C)cc2)cc1.I. The molecule has 1 fully saturated rings. The van der Waals surface area contributed by atoms with Gasteiger partial charge in [-0.15, -0.1) is 24.0 Å². The summed E-state index contributed by atoms with van der Waals surface area (Å²) in [5.41, 5.74) is 4.24. The zero-order valence-corrected chi connectivity index (χ0v) is 22.2. The highest BCUT2D eigenvalue weighted by Gasteiger charge is 2.27. The number of carbonyl (C=O) groups is 1. The van der Waals surface area contributed by atoms with Gasteiger partial charge >= 0.3 is 0 Å². The van der Waals surface area contributed by atoms with Crippen molar-refractivity contribution in [3.63, 3.8) is 0 Å². The first-order valence-electron chi connectivity index (χ1n) is 11.7. The quantitative estimate of drug-likeness (QED) is 0.249. The Labute approximate surface area is 215 Å². The third-order valence-corrected chi connectivity index (χ3v) is 5.70. The number of aryl methyl sites for hydroxylation is 1. The summed E-state index contributed by atoms with van der Waals surface area (Å²) in [6, 6.07) is 16.3. The lowest BCUT2D eigenvalue weighted by Crippen LogP contribution is -2.42. The topological polar surface area (TPSA) is 74.8 Å². The fourth-order valence-electron chi connectivity index (χ4n) is 3.94. The number of aliphatic imine (C=N–C) groups is 1. The molecule has 0 bridgehead atoms. The molecule has 1 amide bonds. The molecule has 33 heavy (non-hydrogen) atoms. The number of carbonyl (C=O) groups excluding carboxylic acids is 1. The lowest BCUT2D eigenvalue weighted by atomic mass is 9.89. The van der Waals surface area contributed by atoms with E-state index in [0.717, 1.165) is 44.1 Å². The first kappa shape index (κ1) is 27.1. The van der Waals surface area contributed by atoms with Crippen molar-refractivity contribution in [2.24, 2.45) is 10.9 Å². The number of rotatable bonds is 8. The van der Waals surface area contributed by atoms with E-state index >= 15 is 0 Å². The van der Waals surface area contributed by atoms with E-state index in [2.05, 4.69) is 54.1 Å². The lowest BCUT2D eigenvalue weighted by Gasteiger charge is -2.32. The van der Waals surface area contributed by atoms with Crippen LogP contribution in [0.2, 0.25) is 0 Å². The van der Waals surface area contributed by atoms with Crippen LogP contribution in [0.3, 0.4) is 0 Å². The summed E-state index contributed by atoms with van der Waals surface area (Å²) in [4.78, 5) is 16.7. The Balaban J connectivity index is 0.00000385. The number of halogens is 1. The van der Waals surface area contributed by atoms with Crippen molar-refractivity contribution in [2.75, 3.05) is 26.2 Å². The van der Waals surface area contributed by atoms with Crippen LogP contribution < -0.4 is 16.0 Å². The van der Waals surface area contributed by atoms with Crippen LogP contribution in [-0.2, 0) is 11.3 Å². The van der Waals surface area contributed by atoms with Gasteiger partial charge in [-0.3, -0.25) is 4.79 Å². The minimum atomic E-state index is -0.0459. The average Bonchev–Trinajstić information content (AvgIpc) is 2.82. The Morgan fingerprint density at radius 2 is 1.70 bits per heavy atom. The van der Waals surface area contributed by atoms with Gasteiger partial charge in [-0.1, -0.05) is 42.0 Å². The molecule has 2 atom stereocenters. The minimum Gasteiger partial charge on any atom is -0.373 e. The lowest BCUT2D eigenvalue weighted by molar-refractivity contribution is -0.0265. The molecule has 3 rings (SSSR count). The zero-order chi connectivity index (χ0) is 22.8. The Morgan fingerprint density at radius 3 is 2.36 bits per heavy atom. The van der Waals surface area contributed by atoms with E-state index in [1.54, 1.807) is 0 Å². The van der Waals surface area contributed by atoms with E-state index in [1.165, 1.54) is 11.1 Å². The van der Waals surface area contributed by atoms with Crippen LogP contribution in [-0.4, -0.2) is 38.1 Å². The third-order valence-electron chi connectivity index (χ3n) is 5.70. The standard InChI is InChI=1S/C26H36N4O2.HI/c1-4-27-25(31)22-14-10-20(11-15-22)17-29-26(28-5-2)30-18-23-7-6-16-32-24(23)21-12-8-19(3)9-13-21;/h8-15,23-24H,4-7,16-18H2,1-3H3,(H,27,31)(H2,28,29,30);1H. The number of hydrogen-bond donors (Lipinski definition) is 3. The van der Waals surface area contributed by atoms with E-state index in [9.17, 15) is 4.79 Å². The number of benzene rings is 2. The zero-order valence-electron chi connectivity index (χ0n) is 19.9. The molecule has 1 aliphatic rings. The maximum absolute atomic E-state index is 11.9. The van der Waals surface area contributed by atoms with Gasteiger partial charge in [0.05, 0.1) is 12.6 Å². The van der Waals surface area contributed by atoms with Crippen molar-refractivity contribution in [3.05, 3.63) is 70.8 Å². The number of nitrogens with one attached hydrogen (secondary N) is 3. The van der Waals surface area contributed by atoms with Crippen LogP contribution in [0.15, 0.2) is 53.5 Å². The maximum Gasteiger partial charge on any atom is 0.251 e. The molecule has 0 aromatic heterocycles. The van der Waals surface area contributed by atoms with Crippen LogP contribution in [0.1, 0.15) is 59.8 Å². The number of hydrogen-bond acceptors (Lipinski definition) is 3. The summed E-state index contributed by atoms with van der Waals surface area (Å²) < 4.78 is 6.15. The molecule has 180 valence electrons. The highest BCUT2D eigenvalue weighted by Crippen LogP contribution is 2.33. The monoisotopic (exact) mass is 564 g/mol. The molecular weight excluding hydrogens is 527 g/mol. The highest BCUT2D eigenvalue weighted by atomic mass is 127. The Hall–Kier alpha value is -2.13. The molecular formula is C26H37IN4O2. The Morgan fingerprint density at radius 1 is 1.00 bits per heavy atom. The van der Waals surface area contributed by atoms with Gasteiger partial charge in [0.1, 0.15) is 0 Å². The van der Waals surface area contributed by atoms with Crippen LogP contribution in [0.5, 0.6) is 0 Å². The molecule has 6 nitrogen and oxygen atoms in total. The molecule has 2 unspecified atom stereocenters. The van der Waals surface area contributed by atoms with Crippen molar-refractivity contribution in [3.8, 4) is 0 Å². The Kier molecular flexibility index (Phi) is 11.7. The fourth-order valence-corrected chi connectivity index (χ4v) is 3.94. The van der Waals surface area contributed by atoms with Gasteiger partial charge in [-0.2, -0.15) is 0 Å². The summed E-state index contributed by atoms with van der Waals surface area (Å²) in [5, 5.41) is 9.67. The van der Waals surface area contributed by atoms with Gasteiger partial charge < -0.3 is 20.7 Å². The molecule has 2 aromatic rings. The molecule has 1 saturated heterocycles. The molecule has 0 aliphatic carbocycles. The molecule has 1 aliphatic heterocycles. The van der Waals surface area contributed by atoms with Crippen LogP contribution in [0, 0.1) is 12.8 Å². The summed E-state index contributed by atoms with van der Waals surface area (Å²) in [5.74, 6) is 1.15. The smallest absolute Gasteiger partial charge is 0.251 e. The summed E-state index contributed by atoms with van der Waals surface area (Å²) in [6.07, 6.45) is 2.33. The summed E-state index contributed by atoms with van der Waals surface area (Å²) >= 11 is 0. The molecule has 0 radical (unpaired) electrons. The van der Waals surface area contributed by atoms with E-state index in [4.69, 9.17) is 9.73 Å². The van der Waals surface area contributed by atoms with E-state index < -0.39 is 0 Å². The minimum absolute atomic E-state index is 0. The second-order valence-electron chi connectivity index (χ2n) is 8.24. The largest absolute Gasteiger partial charge is 0.373 e. The molecule has 0 saturated carbocycles. The third kappa shape index (κ3) is 8.30. The molecule has 2 aromatic carbocycles. The van der Waals surface area contributed by atoms with E-state index in [1.807, 2.05) is 31.2 Å².